The van der Waals surface area contributed by atoms with Crippen LogP contribution in [0.3, 0.4) is 0 Å². The number of benzene rings is 1. The van der Waals surface area contributed by atoms with Crippen LogP contribution < -0.4 is 25.8 Å². The molecule has 0 spiro atoms. The molecule has 1 saturated carbocycles. The summed E-state index contributed by atoms with van der Waals surface area (Å²) in [5, 5.41) is 6.27. The zero-order valence-electron chi connectivity index (χ0n) is 15.7. The minimum absolute atomic E-state index is 0.0278. The number of nitrogens with two attached hydrogens (primary N) is 1. The third-order valence-electron chi connectivity index (χ3n) is 4.67. The molecule has 1 aliphatic carbocycles. The first-order valence-corrected chi connectivity index (χ1v) is 9.05. The molecule has 1 fully saturated rings. The van der Waals surface area contributed by atoms with Gasteiger partial charge in [0.25, 0.3) is 5.91 Å². The van der Waals surface area contributed by atoms with E-state index in [1.807, 2.05) is 6.92 Å². The van der Waals surface area contributed by atoms with Gasteiger partial charge in [-0.15, -0.1) is 0 Å². The third kappa shape index (κ3) is 5.82. The van der Waals surface area contributed by atoms with Crippen LogP contribution in [-0.4, -0.2) is 37.6 Å². The first-order valence-electron chi connectivity index (χ1n) is 9.05. The van der Waals surface area contributed by atoms with Crippen molar-refractivity contribution in [2.24, 2.45) is 11.7 Å². The molecule has 1 aromatic rings. The summed E-state index contributed by atoms with van der Waals surface area (Å²) >= 11 is 0. The maximum Gasteiger partial charge on any atom is 0.255 e. The fraction of sp³-hybridized carbons (Fsp3) is 0.579. The van der Waals surface area contributed by atoms with Crippen LogP contribution in [0.5, 0.6) is 11.5 Å². The fourth-order valence-corrected chi connectivity index (χ4v) is 3.07. The highest BCUT2D eigenvalue weighted by Crippen LogP contribution is 2.30. The van der Waals surface area contributed by atoms with E-state index in [0.717, 1.165) is 31.6 Å². The lowest BCUT2D eigenvalue weighted by molar-refractivity contribution is -0.122. The first-order chi connectivity index (χ1) is 12.4. The van der Waals surface area contributed by atoms with E-state index in [1.165, 1.54) is 7.11 Å². The fourth-order valence-electron chi connectivity index (χ4n) is 3.07. The second-order valence-electron chi connectivity index (χ2n) is 6.95. The highest BCUT2D eigenvalue weighted by Gasteiger charge is 2.22. The van der Waals surface area contributed by atoms with Gasteiger partial charge in [-0.3, -0.25) is 9.59 Å². The Hall–Kier alpha value is -2.44. The van der Waals surface area contributed by atoms with Crippen LogP contribution in [-0.2, 0) is 9.59 Å². The van der Waals surface area contributed by atoms with Gasteiger partial charge in [-0.25, -0.2) is 0 Å². The number of anilines is 1. The number of primary amides is 1. The number of amides is 2. The van der Waals surface area contributed by atoms with Gasteiger partial charge in [-0.2, -0.15) is 0 Å². The van der Waals surface area contributed by atoms with Crippen LogP contribution in [0.1, 0.15) is 39.5 Å². The van der Waals surface area contributed by atoms with Gasteiger partial charge >= 0.3 is 0 Å². The Bertz CT molecular complexity index is 627. The van der Waals surface area contributed by atoms with Gasteiger partial charge in [0.1, 0.15) is 6.04 Å². The van der Waals surface area contributed by atoms with E-state index in [-0.39, 0.29) is 18.6 Å². The highest BCUT2D eigenvalue weighted by atomic mass is 16.5. The average molecular weight is 363 g/mol. The minimum Gasteiger partial charge on any atom is -0.493 e. The van der Waals surface area contributed by atoms with E-state index in [9.17, 15) is 9.59 Å². The lowest BCUT2D eigenvalue weighted by Crippen LogP contribution is -2.44. The van der Waals surface area contributed by atoms with Crippen LogP contribution in [0.15, 0.2) is 18.2 Å². The highest BCUT2D eigenvalue weighted by molar-refractivity contribution is 5.84. The van der Waals surface area contributed by atoms with Crippen molar-refractivity contribution in [2.75, 3.05) is 19.0 Å². The standard InChI is InChI=1S/C19H29N3O4/c1-12-4-6-14(7-5-12)22-19(24)13(2)21-15-8-9-16(25-3)17(10-15)26-11-18(20)23/h8-10,12-14,21H,4-7,11H2,1-3H3,(H2,20,23)(H,22,24). The molecule has 7 nitrogen and oxygen atoms in total. The predicted octanol–water partition coefficient (Wildman–Crippen LogP) is 2.05. The Labute approximate surface area is 154 Å². The van der Waals surface area contributed by atoms with Crippen LogP contribution in [0.2, 0.25) is 0 Å². The molecular formula is C19H29N3O4. The summed E-state index contributed by atoms with van der Waals surface area (Å²) in [5.74, 6) is 1.03. The van der Waals surface area contributed by atoms with Gasteiger partial charge < -0.3 is 25.8 Å². The molecular weight excluding hydrogens is 334 g/mol. The number of methoxy groups -OCH3 is 1. The van der Waals surface area contributed by atoms with E-state index < -0.39 is 11.9 Å². The van der Waals surface area contributed by atoms with Crippen molar-refractivity contribution >= 4 is 17.5 Å². The van der Waals surface area contributed by atoms with Crippen molar-refractivity contribution in [3.63, 3.8) is 0 Å². The van der Waals surface area contributed by atoms with Crippen molar-refractivity contribution in [1.82, 2.24) is 5.32 Å². The molecule has 0 radical (unpaired) electrons. The Kier molecular flexibility index (Phi) is 7.12. The van der Waals surface area contributed by atoms with E-state index >= 15 is 0 Å². The van der Waals surface area contributed by atoms with Crippen molar-refractivity contribution in [1.29, 1.82) is 0 Å². The Morgan fingerprint density at radius 3 is 2.54 bits per heavy atom. The van der Waals surface area contributed by atoms with Gasteiger partial charge in [0.15, 0.2) is 18.1 Å². The van der Waals surface area contributed by atoms with Gasteiger partial charge in [0.2, 0.25) is 5.91 Å². The maximum absolute atomic E-state index is 12.4. The van der Waals surface area contributed by atoms with Crippen LogP contribution in [0.4, 0.5) is 5.69 Å². The monoisotopic (exact) mass is 363 g/mol. The molecule has 1 aromatic carbocycles. The van der Waals surface area contributed by atoms with E-state index in [2.05, 4.69) is 17.6 Å². The van der Waals surface area contributed by atoms with Crippen LogP contribution in [0.25, 0.3) is 0 Å². The van der Waals surface area contributed by atoms with Crippen molar-refractivity contribution in [2.45, 2.75) is 51.6 Å². The second kappa shape index (κ2) is 9.31. The second-order valence-corrected chi connectivity index (χ2v) is 6.95. The largest absolute Gasteiger partial charge is 0.493 e. The van der Waals surface area contributed by atoms with Crippen LogP contribution >= 0.6 is 0 Å². The Morgan fingerprint density at radius 2 is 1.92 bits per heavy atom. The number of hydrogen-bond acceptors (Lipinski definition) is 5. The summed E-state index contributed by atoms with van der Waals surface area (Å²) in [6.07, 6.45) is 4.39. The SMILES string of the molecule is COc1ccc(NC(C)C(=O)NC2CCC(C)CC2)cc1OCC(N)=O. The topological polar surface area (TPSA) is 103 Å². The molecule has 144 valence electrons. The maximum atomic E-state index is 12.4. The number of hydrogen-bond donors (Lipinski definition) is 3. The zero-order chi connectivity index (χ0) is 19.1. The molecule has 0 aromatic heterocycles. The van der Waals surface area contributed by atoms with Crippen LogP contribution in [0, 0.1) is 5.92 Å². The van der Waals surface area contributed by atoms with Gasteiger partial charge in [-0.05, 0) is 50.7 Å². The number of carbonyl (C=O) groups excluding carboxylic acids is 2. The molecule has 1 aliphatic rings. The van der Waals surface area contributed by atoms with E-state index in [4.69, 9.17) is 15.2 Å². The summed E-state index contributed by atoms with van der Waals surface area (Å²) in [5.41, 5.74) is 5.81. The first kappa shape index (κ1) is 19.9. The molecule has 0 saturated heterocycles. The quantitative estimate of drug-likeness (QED) is 0.656. The number of nitrogens with one attached hydrogen (secondary N) is 2. The summed E-state index contributed by atoms with van der Waals surface area (Å²) in [6, 6.07) is 5.06. The summed E-state index contributed by atoms with van der Waals surface area (Å²) in [7, 11) is 1.51. The molecule has 7 heteroatoms. The molecule has 0 bridgehead atoms. The predicted molar refractivity (Wildman–Crippen MR) is 100 cm³/mol. The lowest BCUT2D eigenvalue weighted by Gasteiger charge is -2.28. The van der Waals surface area contributed by atoms with Gasteiger partial charge in [0.05, 0.1) is 7.11 Å². The van der Waals surface area contributed by atoms with Crippen molar-refractivity contribution in [3.05, 3.63) is 18.2 Å². The average Bonchev–Trinajstić information content (AvgIpc) is 2.62. The number of carbonyl (C=O) groups is 2. The van der Waals surface area contributed by atoms with Gasteiger partial charge in [0, 0.05) is 17.8 Å². The van der Waals surface area contributed by atoms with E-state index in [0.29, 0.717) is 17.2 Å². The molecule has 1 unspecified atom stereocenters. The summed E-state index contributed by atoms with van der Waals surface area (Å²) in [6.45, 7) is 3.83. The van der Waals surface area contributed by atoms with Gasteiger partial charge in [-0.1, -0.05) is 6.92 Å². The number of ether oxygens (including phenoxy) is 2. The normalized spacial score (nSPS) is 20.7. The molecule has 1 atom stereocenters. The summed E-state index contributed by atoms with van der Waals surface area (Å²) < 4.78 is 10.6. The molecule has 0 heterocycles. The molecule has 26 heavy (non-hydrogen) atoms. The Balaban J connectivity index is 1.94. The smallest absolute Gasteiger partial charge is 0.255 e. The molecule has 0 aliphatic heterocycles. The minimum atomic E-state index is -0.569. The lowest BCUT2D eigenvalue weighted by atomic mass is 9.87. The van der Waals surface area contributed by atoms with Crippen molar-refractivity contribution in [3.8, 4) is 11.5 Å². The zero-order valence-corrected chi connectivity index (χ0v) is 15.7. The molecule has 4 N–H and O–H groups in total. The third-order valence-corrected chi connectivity index (χ3v) is 4.67. The molecule has 2 amide bonds. The van der Waals surface area contributed by atoms with E-state index in [1.54, 1.807) is 18.2 Å². The Morgan fingerprint density at radius 1 is 1.23 bits per heavy atom. The molecule has 2 rings (SSSR count). The number of rotatable bonds is 8. The van der Waals surface area contributed by atoms with Crippen molar-refractivity contribution < 1.29 is 19.1 Å². The summed E-state index contributed by atoms with van der Waals surface area (Å²) in [4.78, 5) is 23.4.